The third kappa shape index (κ3) is 6.04. The molecule has 1 aromatic carbocycles. The van der Waals surface area contributed by atoms with Crippen LogP contribution >= 0.6 is 23.2 Å². The maximum absolute atomic E-state index is 12.1. The van der Waals surface area contributed by atoms with Crippen LogP contribution in [0.4, 0.5) is 0 Å². The lowest BCUT2D eigenvalue weighted by molar-refractivity contribution is -0.148. The van der Waals surface area contributed by atoms with E-state index in [0.29, 0.717) is 5.56 Å². The van der Waals surface area contributed by atoms with E-state index in [1.54, 1.807) is 32.0 Å². The van der Waals surface area contributed by atoms with Gasteiger partial charge in [0.1, 0.15) is 5.57 Å². The van der Waals surface area contributed by atoms with E-state index in [-0.39, 0.29) is 15.6 Å². The Balaban J connectivity index is 3.19. The minimum Gasteiger partial charge on any atom is -0.459 e. The lowest BCUT2D eigenvalue weighted by Crippen LogP contribution is -2.23. The molecule has 0 heterocycles. The van der Waals surface area contributed by atoms with Crippen molar-refractivity contribution >= 4 is 47.0 Å². The highest BCUT2D eigenvalue weighted by molar-refractivity contribution is 6.43. The Bertz CT molecular complexity index is 650. The maximum Gasteiger partial charge on any atom is 0.342 e. The van der Waals surface area contributed by atoms with Crippen LogP contribution in [-0.2, 0) is 23.9 Å². The standard InChI is InChI=1S/C16H16Cl2O5/c1-9(2)23-16(21)12(14(20)8-22-10(3)19)7-11-5-4-6-13(17)15(11)18/h4-7,9H,8H2,1-3H3. The number of carbonyl (C=O) groups is 3. The van der Waals surface area contributed by atoms with Crippen LogP contribution < -0.4 is 0 Å². The first-order chi connectivity index (χ1) is 10.7. The first kappa shape index (κ1) is 19.2. The largest absolute Gasteiger partial charge is 0.459 e. The molecular weight excluding hydrogens is 343 g/mol. The molecule has 0 aliphatic rings. The van der Waals surface area contributed by atoms with E-state index in [0.717, 1.165) is 6.92 Å². The summed E-state index contributed by atoms with van der Waals surface area (Å²) in [5, 5.41) is 0.480. The Morgan fingerprint density at radius 2 is 1.87 bits per heavy atom. The molecule has 7 heteroatoms. The normalized spacial score (nSPS) is 11.3. The van der Waals surface area contributed by atoms with Gasteiger partial charge in [0, 0.05) is 6.92 Å². The van der Waals surface area contributed by atoms with Gasteiger partial charge in [-0.3, -0.25) is 9.59 Å². The lowest BCUT2D eigenvalue weighted by Gasteiger charge is -2.11. The molecule has 0 radical (unpaired) electrons. The fourth-order valence-corrected chi connectivity index (χ4v) is 1.93. The van der Waals surface area contributed by atoms with Crippen molar-refractivity contribution in [3.05, 3.63) is 39.4 Å². The fraction of sp³-hybridized carbons (Fsp3) is 0.312. The second-order valence-corrected chi connectivity index (χ2v) is 5.64. The number of ether oxygens (including phenoxy) is 2. The van der Waals surface area contributed by atoms with Crippen LogP contribution in [0.2, 0.25) is 10.0 Å². The summed E-state index contributed by atoms with van der Waals surface area (Å²) in [4.78, 5) is 35.1. The van der Waals surface area contributed by atoms with Gasteiger partial charge in [-0.15, -0.1) is 0 Å². The van der Waals surface area contributed by atoms with Crippen molar-refractivity contribution in [2.45, 2.75) is 26.9 Å². The van der Waals surface area contributed by atoms with E-state index in [4.69, 9.17) is 27.9 Å². The van der Waals surface area contributed by atoms with Crippen LogP contribution in [0.15, 0.2) is 23.8 Å². The van der Waals surface area contributed by atoms with Crippen molar-refractivity contribution in [3.63, 3.8) is 0 Å². The van der Waals surface area contributed by atoms with E-state index >= 15 is 0 Å². The van der Waals surface area contributed by atoms with Gasteiger partial charge >= 0.3 is 11.9 Å². The highest BCUT2D eigenvalue weighted by Gasteiger charge is 2.22. The average Bonchev–Trinajstić information content (AvgIpc) is 2.45. The average molecular weight is 359 g/mol. The summed E-state index contributed by atoms with van der Waals surface area (Å²) < 4.78 is 9.67. The molecule has 0 aliphatic heterocycles. The molecule has 0 aromatic heterocycles. The molecule has 0 N–H and O–H groups in total. The minimum atomic E-state index is -0.826. The number of esters is 2. The number of Topliss-reactive ketones (excluding diaryl/α,β-unsaturated/α-hetero) is 1. The molecule has 0 fully saturated rings. The van der Waals surface area contributed by atoms with Gasteiger partial charge in [0.2, 0.25) is 5.78 Å². The Hall–Kier alpha value is -1.85. The molecule has 0 atom stereocenters. The molecule has 0 bridgehead atoms. The van der Waals surface area contributed by atoms with Gasteiger partial charge in [-0.05, 0) is 31.6 Å². The lowest BCUT2D eigenvalue weighted by atomic mass is 10.1. The number of hydrogen-bond acceptors (Lipinski definition) is 5. The Labute approximate surface area is 144 Å². The van der Waals surface area contributed by atoms with Gasteiger partial charge in [0.15, 0.2) is 6.61 Å². The monoisotopic (exact) mass is 358 g/mol. The number of rotatable bonds is 6. The quantitative estimate of drug-likeness (QED) is 0.337. The summed E-state index contributed by atoms with van der Waals surface area (Å²) in [5.74, 6) is -2.15. The summed E-state index contributed by atoms with van der Waals surface area (Å²) in [5.41, 5.74) is 0.107. The van der Waals surface area contributed by atoms with Gasteiger partial charge in [0.05, 0.1) is 16.1 Å². The summed E-state index contributed by atoms with van der Waals surface area (Å²) in [6.45, 7) is 3.90. The smallest absolute Gasteiger partial charge is 0.342 e. The third-order valence-electron chi connectivity index (χ3n) is 2.55. The van der Waals surface area contributed by atoms with Crippen LogP contribution in [0, 0.1) is 0 Å². The molecule has 0 spiro atoms. The highest BCUT2D eigenvalue weighted by Crippen LogP contribution is 2.27. The molecule has 0 unspecified atom stereocenters. The predicted molar refractivity (Wildman–Crippen MR) is 87.3 cm³/mol. The maximum atomic E-state index is 12.1. The second-order valence-electron chi connectivity index (χ2n) is 4.86. The number of benzene rings is 1. The van der Waals surface area contributed by atoms with Crippen molar-refractivity contribution in [1.29, 1.82) is 0 Å². The van der Waals surface area contributed by atoms with E-state index in [2.05, 4.69) is 4.74 Å². The van der Waals surface area contributed by atoms with Gasteiger partial charge in [0.25, 0.3) is 0 Å². The van der Waals surface area contributed by atoms with E-state index in [1.165, 1.54) is 6.08 Å². The minimum absolute atomic E-state index is 0.198. The summed E-state index contributed by atoms with van der Waals surface area (Å²) in [6, 6.07) is 4.80. The topological polar surface area (TPSA) is 69.7 Å². The fourth-order valence-electron chi connectivity index (χ4n) is 1.56. The molecule has 23 heavy (non-hydrogen) atoms. The number of ketones is 1. The molecule has 124 valence electrons. The van der Waals surface area contributed by atoms with Crippen molar-refractivity contribution < 1.29 is 23.9 Å². The SMILES string of the molecule is CC(=O)OCC(=O)C(=Cc1cccc(Cl)c1Cl)C(=O)OC(C)C. The second kappa shape index (κ2) is 8.70. The third-order valence-corrected chi connectivity index (χ3v) is 3.38. The van der Waals surface area contributed by atoms with Crippen LogP contribution in [0.25, 0.3) is 6.08 Å². The van der Waals surface area contributed by atoms with Crippen LogP contribution in [0.1, 0.15) is 26.3 Å². The first-order valence-electron chi connectivity index (χ1n) is 6.75. The summed E-state index contributed by atoms with van der Waals surface area (Å²) >= 11 is 12.0. The molecule has 5 nitrogen and oxygen atoms in total. The predicted octanol–water partition coefficient (Wildman–Crippen LogP) is 3.46. The summed E-state index contributed by atoms with van der Waals surface area (Å²) in [7, 11) is 0. The van der Waals surface area contributed by atoms with Crippen LogP contribution in [0.5, 0.6) is 0 Å². The van der Waals surface area contributed by atoms with Gasteiger partial charge in [-0.25, -0.2) is 4.79 Å². The molecular formula is C16H16Cl2O5. The van der Waals surface area contributed by atoms with Gasteiger partial charge in [-0.2, -0.15) is 0 Å². The summed E-state index contributed by atoms with van der Waals surface area (Å²) in [6.07, 6.45) is 0.854. The molecule has 0 saturated heterocycles. The molecule has 0 saturated carbocycles. The van der Waals surface area contributed by atoms with Crippen molar-refractivity contribution in [1.82, 2.24) is 0 Å². The highest BCUT2D eigenvalue weighted by atomic mass is 35.5. The van der Waals surface area contributed by atoms with E-state index < -0.39 is 30.4 Å². The zero-order valence-electron chi connectivity index (χ0n) is 12.9. The zero-order chi connectivity index (χ0) is 17.6. The number of carbonyl (C=O) groups excluding carboxylic acids is 3. The van der Waals surface area contributed by atoms with Crippen LogP contribution in [-0.4, -0.2) is 30.4 Å². The number of hydrogen-bond donors (Lipinski definition) is 0. The molecule has 0 amide bonds. The van der Waals surface area contributed by atoms with Crippen LogP contribution in [0.3, 0.4) is 0 Å². The zero-order valence-corrected chi connectivity index (χ0v) is 14.4. The molecule has 1 aromatic rings. The van der Waals surface area contributed by atoms with E-state index in [1.807, 2.05) is 0 Å². The number of halogens is 2. The van der Waals surface area contributed by atoms with Crippen molar-refractivity contribution in [2.75, 3.05) is 6.61 Å². The Morgan fingerprint density at radius 3 is 2.43 bits per heavy atom. The van der Waals surface area contributed by atoms with Gasteiger partial charge in [-0.1, -0.05) is 35.3 Å². The van der Waals surface area contributed by atoms with E-state index in [9.17, 15) is 14.4 Å². The molecule has 0 aliphatic carbocycles. The Kier molecular flexibility index (Phi) is 7.26. The molecule has 1 rings (SSSR count). The Morgan fingerprint density at radius 1 is 1.22 bits per heavy atom. The van der Waals surface area contributed by atoms with Crippen molar-refractivity contribution in [3.8, 4) is 0 Å². The van der Waals surface area contributed by atoms with Gasteiger partial charge < -0.3 is 9.47 Å². The first-order valence-corrected chi connectivity index (χ1v) is 7.51. The van der Waals surface area contributed by atoms with Crippen molar-refractivity contribution in [2.24, 2.45) is 0 Å².